The zero-order valence-electron chi connectivity index (χ0n) is 16.4. The summed E-state index contributed by atoms with van der Waals surface area (Å²) in [4.78, 5) is 20.8. The maximum atomic E-state index is 12.6. The van der Waals surface area contributed by atoms with E-state index in [4.69, 9.17) is 0 Å². The van der Waals surface area contributed by atoms with Gasteiger partial charge in [0, 0.05) is 54.2 Å². The summed E-state index contributed by atoms with van der Waals surface area (Å²) >= 11 is 0. The Morgan fingerprint density at radius 1 is 1.38 bits per heavy atom. The van der Waals surface area contributed by atoms with Crippen LogP contribution in [0, 0.1) is 0 Å². The third kappa shape index (κ3) is 5.30. The molecule has 1 N–H and O–H groups in total. The van der Waals surface area contributed by atoms with Crippen LogP contribution in [0.5, 0.6) is 0 Å². The molecule has 0 radical (unpaired) electrons. The smallest absolute Gasteiger partial charge is 0.246 e. The van der Waals surface area contributed by atoms with Gasteiger partial charge in [-0.15, -0.1) is 0 Å². The predicted octanol–water partition coefficient (Wildman–Crippen LogP) is 0.581. The molecular formula is C17H30N6O2S. The molecule has 1 aliphatic heterocycles. The highest BCUT2D eigenvalue weighted by molar-refractivity contribution is 7.86. The van der Waals surface area contributed by atoms with Crippen LogP contribution in [0.2, 0.25) is 0 Å². The van der Waals surface area contributed by atoms with E-state index in [9.17, 15) is 9.00 Å². The Bertz CT molecular complexity index is 679. The number of carbonyl (C=O) groups excluding carboxylic acids is 1. The van der Waals surface area contributed by atoms with Gasteiger partial charge in [0.2, 0.25) is 5.91 Å². The average molecular weight is 383 g/mol. The van der Waals surface area contributed by atoms with Crippen molar-refractivity contribution in [3.8, 4) is 0 Å². The van der Waals surface area contributed by atoms with Crippen LogP contribution in [-0.2, 0) is 22.6 Å². The lowest BCUT2D eigenvalue weighted by atomic mass is 10.3. The summed E-state index contributed by atoms with van der Waals surface area (Å²) in [6.45, 7) is 10.6. The lowest BCUT2D eigenvalue weighted by Gasteiger charge is -2.35. The first-order valence-electron chi connectivity index (χ1n) is 8.93. The van der Waals surface area contributed by atoms with Crippen molar-refractivity contribution in [3.05, 3.63) is 12.4 Å². The quantitative estimate of drug-likeness (QED) is 0.595. The van der Waals surface area contributed by atoms with Crippen LogP contribution in [0.15, 0.2) is 17.4 Å². The van der Waals surface area contributed by atoms with Crippen molar-refractivity contribution in [2.75, 3.05) is 43.4 Å². The number of nitrogens with one attached hydrogen (secondary N) is 1. The number of rotatable bonds is 5. The van der Waals surface area contributed by atoms with Gasteiger partial charge >= 0.3 is 0 Å². The molecule has 9 heteroatoms. The maximum Gasteiger partial charge on any atom is 0.246 e. The van der Waals surface area contributed by atoms with E-state index in [0.717, 1.165) is 12.2 Å². The lowest BCUT2D eigenvalue weighted by molar-refractivity contribution is -0.120. The highest BCUT2D eigenvalue weighted by atomic mass is 32.2. The van der Waals surface area contributed by atoms with Crippen molar-refractivity contribution in [3.63, 3.8) is 0 Å². The topological polar surface area (TPSA) is 82.8 Å². The number of carbonyl (C=O) groups is 1. The molecule has 146 valence electrons. The molecule has 1 amide bonds. The van der Waals surface area contributed by atoms with E-state index in [1.54, 1.807) is 15.8 Å². The second-order valence-electron chi connectivity index (χ2n) is 7.24. The van der Waals surface area contributed by atoms with E-state index in [1.165, 1.54) is 0 Å². The Morgan fingerprint density at radius 3 is 2.65 bits per heavy atom. The fourth-order valence-electron chi connectivity index (χ4n) is 2.64. The summed E-state index contributed by atoms with van der Waals surface area (Å²) in [6, 6.07) is 0. The highest BCUT2D eigenvalue weighted by Gasteiger charge is 2.27. The Balaban J connectivity index is 1.99. The molecule has 0 aliphatic carbocycles. The Kier molecular flexibility index (Phi) is 6.80. The molecule has 26 heavy (non-hydrogen) atoms. The van der Waals surface area contributed by atoms with Gasteiger partial charge in [-0.2, -0.15) is 5.10 Å². The molecule has 1 unspecified atom stereocenters. The fourth-order valence-corrected chi connectivity index (χ4v) is 3.51. The summed E-state index contributed by atoms with van der Waals surface area (Å²) in [7, 11) is 0.899. The Morgan fingerprint density at radius 2 is 2.12 bits per heavy atom. The number of amides is 1. The lowest BCUT2D eigenvalue weighted by Crippen LogP contribution is -2.55. The monoisotopic (exact) mass is 382 g/mol. The van der Waals surface area contributed by atoms with Crippen LogP contribution in [0.1, 0.15) is 27.7 Å². The molecule has 1 atom stereocenters. The first-order valence-corrected chi connectivity index (χ1v) is 10.2. The molecule has 1 aromatic heterocycles. The van der Waals surface area contributed by atoms with E-state index in [-0.39, 0.29) is 17.2 Å². The largest absolute Gasteiger partial charge is 0.357 e. The van der Waals surface area contributed by atoms with E-state index in [2.05, 4.69) is 15.4 Å². The summed E-state index contributed by atoms with van der Waals surface area (Å²) in [6.07, 6.45) is 3.54. The summed E-state index contributed by atoms with van der Waals surface area (Å²) in [5.74, 6) is 1.24. The van der Waals surface area contributed by atoms with Gasteiger partial charge in [0.15, 0.2) is 5.96 Å². The van der Waals surface area contributed by atoms with E-state index < -0.39 is 10.8 Å². The van der Waals surface area contributed by atoms with Crippen LogP contribution in [0.25, 0.3) is 0 Å². The van der Waals surface area contributed by atoms with Gasteiger partial charge in [0.25, 0.3) is 0 Å². The molecule has 1 aliphatic rings. The molecule has 1 fully saturated rings. The summed E-state index contributed by atoms with van der Waals surface area (Å²) < 4.78 is 13.6. The van der Waals surface area contributed by atoms with Crippen molar-refractivity contribution in [2.24, 2.45) is 12.0 Å². The number of aliphatic imine (C=N–C) groups is 1. The first-order chi connectivity index (χ1) is 12.2. The molecule has 0 aromatic carbocycles. The van der Waals surface area contributed by atoms with E-state index in [1.807, 2.05) is 45.8 Å². The molecule has 8 nitrogen and oxygen atoms in total. The number of aromatic nitrogens is 2. The number of hydrogen-bond acceptors (Lipinski definition) is 4. The zero-order valence-corrected chi connectivity index (χ0v) is 17.2. The molecule has 0 saturated carbocycles. The molecule has 2 rings (SSSR count). The van der Waals surface area contributed by atoms with Gasteiger partial charge in [-0.1, -0.05) is 0 Å². The van der Waals surface area contributed by atoms with Gasteiger partial charge in [-0.05, 0) is 27.7 Å². The third-order valence-corrected chi connectivity index (χ3v) is 6.00. The summed E-state index contributed by atoms with van der Waals surface area (Å²) in [5.41, 5.74) is 0.819. The minimum atomic E-state index is -0.936. The van der Waals surface area contributed by atoms with Crippen LogP contribution >= 0.6 is 0 Å². The highest BCUT2D eigenvalue weighted by Crippen LogP contribution is 2.16. The minimum Gasteiger partial charge on any atom is -0.357 e. The standard InChI is InChI=1S/C17H30N6O2S/c1-6-18-16(19-7-10-26(25)17(2,3)4)22-8-9-23(15(24)13-22)14-11-20-21(5)12-14/h11-12H,6-10,13H2,1-5H3,(H,18,19). The van der Waals surface area contributed by atoms with Crippen LogP contribution in [0.4, 0.5) is 5.69 Å². The normalized spacial score (nSPS) is 17.6. The van der Waals surface area contributed by atoms with Gasteiger partial charge in [0.05, 0.1) is 18.4 Å². The van der Waals surface area contributed by atoms with E-state index in [0.29, 0.717) is 31.3 Å². The van der Waals surface area contributed by atoms with Crippen molar-refractivity contribution in [2.45, 2.75) is 32.4 Å². The van der Waals surface area contributed by atoms with Crippen LogP contribution in [0.3, 0.4) is 0 Å². The van der Waals surface area contributed by atoms with Gasteiger partial charge in [-0.25, -0.2) is 0 Å². The minimum absolute atomic E-state index is 0.0214. The average Bonchev–Trinajstić information content (AvgIpc) is 2.99. The molecule has 1 aromatic rings. The van der Waals surface area contributed by atoms with Crippen molar-refractivity contribution >= 4 is 28.4 Å². The zero-order chi connectivity index (χ0) is 19.3. The number of guanidine groups is 1. The molecule has 2 heterocycles. The van der Waals surface area contributed by atoms with Crippen molar-refractivity contribution in [1.82, 2.24) is 20.0 Å². The van der Waals surface area contributed by atoms with Gasteiger partial charge in [0.1, 0.15) is 6.54 Å². The second kappa shape index (κ2) is 8.66. The van der Waals surface area contributed by atoms with Gasteiger partial charge in [-0.3, -0.25) is 18.7 Å². The molecule has 1 saturated heterocycles. The second-order valence-corrected chi connectivity index (χ2v) is 9.56. The molecular weight excluding hydrogens is 352 g/mol. The maximum absolute atomic E-state index is 12.6. The molecule has 0 spiro atoms. The van der Waals surface area contributed by atoms with Crippen LogP contribution < -0.4 is 10.2 Å². The number of nitrogens with zero attached hydrogens (tertiary/aromatic N) is 5. The fraction of sp³-hybridized carbons (Fsp3) is 0.706. The Labute approximate surface area is 158 Å². The number of aryl methyl sites for hydroxylation is 1. The Hall–Kier alpha value is -1.90. The summed E-state index contributed by atoms with van der Waals surface area (Å²) in [5, 5.41) is 7.36. The number of anilines is 1. The van der Waals surface area contributed by atoms with Gasteiger partial charge < -0.3 is 15.1 Å². The molecule has 0 bridgehead atoms. The van der Waals surface area contributed by atoms with Crippen molar-refractivity contribution < 1.29 is 9.00 Å². The van der Waals surface area contributed by atoms with Crippen LogP contribution in [-0.4, -0.2) is 74.0 Å². The number of piperazine rings is 1. The van der Waals surface area contributed by atoms with Crippen molar-refractivity contribution in [1.29, 1.82) is 0 Å². The van der Waals surface area contributed by atoms with E-state index >= 15 is 0 Å². The predicted molar refractivity (Wildman–Crippen MR) is 106 cm³/mol. The third-order valence-electron chi connectivity index (χ3n) is 4.08. The number of hydrogen-bond donors (Lipinski definition) is 1. The first kappa shape index (κ1) is 20.4. The SMILES string of the molecule is CCNC(=NCCS(=O)C(C)(C)C)N1CCN(c2cnn(C)c2)C(=O)C1.